The summed E-state index contributed by atoms with van der Waals surface area (Å²) in [6, 6.07) is 7.70. The highest BCUT2D eigenvalue weighted by atomic mass is 19.1. The summed E-state index contributed by atoms with van der Waals surface area (Å²) >= 11 is 0. The largest absolute Gasteiger partial charge is 0.289 e. The normalized spacial score (nSPS) is 22.8. The van der Waals surface area contributed by atoms with Crippen LogP contribution in [0.3, 0.4) is 0 Å². The minimum atomic E-state index is -0.165. The molecule has 2 aliphatic rings. The van der Waals surface area contributed by atoms with E-state index in [1.165, 1.54) is 18.9 Å². The SMILES string of the molecule is Fc1cccc([C@H]2CCCN2Cc2nnnn2C2CC2)c1. The topological polar surface area (TPSA) is 46.8 Å². The van der Waals surface area contributed by atoms with Crippen molar-refractivity contribution >= 4 is 0 Å². The molecule has 2 heterocycles. The first kappa shape index (κ1) is 12.9. The lowest BCUT2D eigenvalue weighted by molar-refractivity contribution is 0.237. The first-order valence-electron chi connectivity index (χ1n) is 7.57. The number of nitrogens with zero attached hydrogens (tertiary/aromatic N) is 5. The Kier molecular flexibility index (Phi) is 3.18. The van der Waals surface area contributed by atoms with Crippen molar-refractivity contribution in [2.75, 3.05) is 6.54 Å². The standard InChI is InChI=1S/C15H18FN5/c16-12-4-1-3-11(9-12)14-5-2-8-20(14)10-15-17-18-19-21(15)13-6-7-13/h1,3-4,9,13-14H,2,5-8,10H2/t14-/m1/s1. The lowest BCUT2D eigenvalue weighted by Gasteiger charge is -2.24. The van der Waals surface area contributed by atoms with Gasteiger partial charge in [0.05, 0.1) is 12.6 Å². The molecule has 1 saturated carbocycles. The van der Waals surface area contributed by atoms with Gasteiger partial charge in [0, 0.05) is 6.04 Å². The Morgan fingerprint density at radius 1 is 1.24 bits per heavy atom. The molecule has 0 unspecified atom stereocenters. The van der Waals surface area contributed by atoms with Crippen molar-refractivity contribution in [1.29, 1.82) is 0 Å². The number of benzene rings is 1. The molecule has 6 heteroatoms. The monoisotopic (exact) mass is 287 g/mol. The lowest BCUT2D eigenvalue weighted by Crippen LogP contribution is -2.25. The van der Waals surface area contributed by atoms with Crippen LogP contribution in [0, 0.1) is 5.82 Å². The fraction of sp³-hybridized carbons (Fsp3) is 0.533. The Balaban J connectivity index is 1.55. The van der Waals surface area contributed by atoms with Crippen LogP contribution < -0.4 is 0 Å². The summed E-state index contributed by atoms with van der Waals surface area (Å²) in [5.74, 6) is 0.767. The van der Waals surface area contributed by atoms with Crippen LogP contribution in [0.5, 0.6) is 0 Å². The maximum Gasteiger partial charge on any atom is 0.165 e. The van der Waals surface area contributed by atoms with Crippen molar-refractivity contribution in [3.63, 3.8) is 0 Å². The van der Waals surface area contributed by atoms with Gasteiger partial charge in [-0.15, -0.1) is 5.10 Å². The molecule has 1 saturated heterocycles. The zero-order chi connectivity index (χ0) is 14.2. The van der Waals surface area contributed by atoms with Gasteiger partial charge in [0.15, 0.2) is 5.82 Å². The summed E-state index contributed by atoms with van der Waals surface area (Å²) in [5, 5.41) is 12.1. The number of tetrazole rings is 1. The first-order chi connectivity index (χ1) is 10.3. The van der Waals surface area contributed by atoms with E-state index in [1.807, 2.05) is 10.7 Å². The summed E-state index contributed by atoms with van der Waals surface area (Å²) < 4.78 is 15.4. The molecule has 110 valence electrons. The minimum absolute atomic E-state index is 0.165. The number of rotatable bonds is 4. The third-order valence-electron chi connectivity index (χ3n) is 4.40. The predicted molar refractivity (Wildman–Crippen MR) is 74.9 cm³/mol. The van der Waals surface area contributed by atoms with Crippen LogP contribution >= 0.6 is 0 Å². The van der Waals surface area contributed by atoms with Crippen LogP contribution in [-0.4, -0.2) is 31.7 Å². The Morgan fingerprint density at radius 3 is 2.95 bits per heavy atom. The molecule has 0 amide bonds. The molecule has 4 rings (SSSR count). The van der Waals surface area contributed by atoms with Crippen molar-refractivity contribution < 1.29 is 4.39 Å². The van der Waals surface area contributed by atoms with Crippen molar-refractivity contribution in [3.05, 3.63) is 41.5 Å². The second kappa shape index (κ2) is 5.18. The molecule has 1 aliphatic heterocycles. The number of aromatic nitrogens is 4. The number of hydrogen-bond acceptors (Lipinski definition) is 4. The smallest absolute Gasteiger partial charge is 0.165 e. The van der Waals surface area contributed by atoms with Crippen molar-refractivity contribution in [2.45, 2.75) is 44.3 Å². The number of halogens is 1. The van der Waals surface area contributed by atoms with Gasteiger partial charge in [0.25, 0.3) is 0 Å². The van der Waals surface area contributed by atoms with Crippen LogP contribution in [-0.2, 0) is 6.54 Å². The zero-order valence-electron chi connectivity index (χ0n) is 11.8. The molecule has 0 radical (unpaired) electrons. The molecule has 1 aromatic carbocycles. The molecule has 2 fully saturated rings. The van der Waals surface area contributed by atoms with Crippen LogP contribution in [0.1, 0.15) is 49.2 Å². The maximum atomic E-state index is 13.4. The zero-order valence-corrected chi connectivity index (χ0v) is 11.8. The summed E-state index contributed by atoms with van der Waals surface area (Å²) in [6.07, 6.45) is 4.54. The molecule has 0 bridgehead atoms. The highest BCUT2D eigenvalue weighted by molar-refractivity contribution is 5.21. The van der Waals surface area contributed by atoms with E-state index in [-0.39, 0.29) is 11.9 Å². The van der Waals surface area contributed by atoms with E-state index in [0.29, 0.717) is 6.04 Å². The van der Waals surface area contributed by atoms with Gasteiger partial charge in [-0.3, -0.25) is 4.90 Å². The van der Waals surface area contributed by atoms with E-state index in [0.717, 1.165) is 37.3 Å². The molecular weight excluding hydrogens is 269 g/mol. The van der Waals surface area contributed by atoms with Gasteiger partial charge in [0.2, 0.25) is 0 Å². The third-order valence-corrected chi connectivity index (χ3v) is 4.40. The molecule has 2 aromatic rings. The fourth-order valence-corrected chi connectivity index (χ4v) is 3.21. The van der Waals surface area contributed by atoms with Gasteiger partial charge in [0.1, 0.15) is 5.82 Å². The molecular formula is C15H18FN5. The van der Waals surface area contributed by atoms with Gasteiger partial charge < -0.3 is 0 Å². The first-order valence-corrected chi connectivity index (χ1v) is 7.57. The highest BCUT2D eigenvalue weighted by Gasteiger charge is 2.31. The highest BCUT2D eigenvalue weighted by Crippen LogP contribution is 2.36. The molecule has 0 N–H and O–H groups in total. The average Bonchev–Trinajstić information content (AvgIpc) is 3.04. The summed E-state index contributed by atoms with van der Waals surface area (Å²) in [7, 11) is 0. The van der Waals surface area contributed by atoms with Crippen molar-refractivity contribution in [2.24, 2.45) is 0 Å². The molecule has 1 aliphatic carbocycles. The summed E-state index contributed by atoms with van der Waals surface area (Å²) in [4.78, 5) is 2.36. The van der Waals surface area contributed by atoms with E-state index in [9.17, 15) is 4.39 Å². The van der Waals surface area contributed by atoms with Gasteiger partial charge >= 0.3 is 0 Å². The Labute approximate surface area is 122 Å². The van der Waals surface area contributed by atoms with E-state index in [2.05, 4.69) is 20.4 Å². The third kappa shape index (κ3) is 2.55. The number of hydrogen-bond donors (Lipinski definition) is 0. The fourth-order valence-electron chi connectivity index (χ4n) is 3.21. The van der Waals surface area contributed by atoms with Gasteiger partial charge in [-0.25, -0.2) is 9.07 Å². The second-order valence-corrected chi connectivity index (χ2v) is 5.95. The van der Waals surface area contributed by atoms with Crippen LogP contribution in [0.15, 0.2) is 24.3 Å². The van der Waals surface area contributed by atoms with Crippen LogP contribution in [0.25, 0.3) is 0 Å². The van der Waals surface area contributed by atoms with E-state index < -0.39 is 0 Å². The minimum Gasteiger partial charge on any atom is -0.289 e. The molecule has 21 heavy (non-hydrogen) atoms. The number of likely N-dealkylation sites (tertiary alicyclic amines) is 1. The molecule has 1 atom stereocenters. The van der Waals surface area contributed by atoms with Gasteiger partial charge in [-0.2, -0.15) is 0 Å². The van der Waals surface area contributed by atoms with E-state index in [1.54, 1.807) is 12.1 Å². The summed E-state index contributed by atoms with van der Waals surface area (Å²) in [6.45, 7) is 1.75. The lowest BCUT2D eigenvalue weighted by atomic mass is 10.0. The summed E-state index contributed by atoms with van der Waals surface area (Å²) in [5.41, 5.74) is 1.05. The van der Waals surface area contributed by atoms with Crippen LogP contribution in [0.4, 0.5) is 4.39 Å². The quantitative estimate of drug-likeness (QED) is 0.866. The molecule has 1 aromatic heterocycles. The Hall–Kier alpha value is -1.82. The Morgan fingerprint density at radius 2 is 2.14 bits per heavy atom. The van der Waals surface area contributed by atoms with Gasteiger partial charge in [-0.05, 0) is 60.4 Å². The van der Waals surface area contributed by atoms with Crippen LogP contribution in [0.2, 0.25) is 0 Å². The average molecular weight is 287 g/mol. The van der Waals surface area contributed by atoms with E-state index in [4.69, 9.17) is 0 Å². The molecule has 0 spiro atoms. The van der Waals surface area contributed by atoms with Crippen molar-refractivity contribution in [3.8, 4) is 0 Å². The van der Waals surface area contributed by atoms with Gasteiger partial charge in [-0.1, -0.05) is 12.1 Å². The Bertz CT molecular complexity index is 636. The maximum absolute atomic E-state index is 13.4. The predicted octanol–water partition coefficient (Wildman–Crippen LogP) is 2.48. The van der Waals surface area contributed by atoms with Crippen molar-refractivity contribution in [1.82, 2.24) is 25.1 Å². The molecule has 5 nitrogen and oxygen atoms in total. The second-order valence-electron chi connectivity index (χ2n) is 5.95. The van der Waals surface area contributed by atoms with E-state index >= 15 is 0 Å².